The van der Waals surface area contributed by atoms with Crippen LogP contribution in [0.5, 0.6) is 0 Å². The second-order valence-corrected chi connectivity index (χ2v) is 4.10. The number of hydrogen-bond donors (Lipinski definition) is 1. The van der Waals surface area contributed by atoms with E-state index in [0.29, 0.717) is 6.42 Å². The zero-order valence-corrected chi connectivity index (χ0v) is 10.7. The molecule has 0 aromatic rings. The Hall–Kier alpha value is -0.380. The summed E-state index contributed by atoms with van der Waals surface area (Å²) in [5.74, 6) is 0. The molecule has 0 rings (SSSR count). The van der Waals surface area contributed by atoms with Crippen LogP contribution in [-0.4, -0.2) is 31.2 Å². The Labute approximate surface area is 99.5 Å². The van der Waals surface area contributed by atoms with Crippen molar-refractivity contribution in [3.05, 3.63) is 12.7 Å². The molecule has 0 radical (unpaired) electrons. The average molecular weight is 230 g/mol. The standard InChI is InChI=1S/C13H26O3/c1-4-6-7-9-12(14)10-13(8-5-2)16-11-15-3/h5,12-14H,2,4,6-11H2,1,3H3/t12-,13+/m1/s1. The third-order valence-corrected chi connectivity index (χ3v) is 2.53. The Kier molecular flexibility index (Phi) is 10.9. The van der Waals surface area contributed by atoms with E-state index in [4.69, 9.17) is 9.47 Å². The van der Waals surface area contributed by atoms with Crippen LogP contribution in [0.15, 0.2) is 12.7 Å². The molecule has 1 N–H and O–H groups in total. The number of aliphatic hydroxyl groups excluding tert-OH is 1. The summed E-state index contributed by atoms with van der Waals surface area (Å²) in [5.41, 5.74) is 0. The number of aliphatic hydroxyl groups is 1. The predicted octanol–water partition coefficient (Wildman–Crippen LogP) is 2.88. The van der Waals surface area contributed by atoms with Gasteiger partial charge in [0.05, 0.1) is 12.2 Å². The van der Waals surface area contributed by atoms with Gasteiger partial charge in [0, 0.05) is 7.11 Å². The van der Waals surface area contributed by atoms with Crippen LogP contribution in [0.25, 0.3) is 0 Å². The Balaban J connectivity index is 3.73. The lowest BCUT2D eigenvalue weighted by atomic mass is 10.0. The van der Waals surface area contributed by atoms with Gasteiger partial charge in [-0.25, -0.2) is 0 Å². The molecule has 0 aromatic carbocycles. The molecule has 2 atom stereocenters. The van der Waals surface area contributed by atoms with Crippen molar-refractivity contribution in [2.75, 3.05) is 13.9 Å². The number of unbranched alkanes of at least 4 members (excludes halogenated alkanes) is 2. The number of rotatable bonds is 11. The average Bonchev–Trinajstić information content (AvgIpc) is 2.26. The zero-order chi connectivity index (χ0) is 12.2. The third kappa shape index (κ3) is 8.89. The van der Waals surface area contributed by atoms with Crippen LogP contribution in [0.2, 0.25) is 0 Å². The van der Waals surface area contributed by atoms with Crippen molar-refractivity contribution < 1.29 is 14.6 Å². The highest BCUT2D eigenvalue weighted by Gasteiger charge is 2.13. The quantitative estimate of drug-likeness (QED) is 0.337. The van der Waals surface area contributed by atoms with E-state index in [2.05, 4.69) is 13.5 Å². The lowest BCUT2D eigenvalue weighted by molar-refractivity contribution is -0.0834. The SMILES string of the molecule is C=CC[C@@H](C[C@H](O)CCCCC)OCOC. The van der Waals surface area contributed by atoms with Crippen LogP contribution in [0.3, 0.4) is 0 Å². The molecule has 3 heteroatoms. The molecule has 0 heterocycles. The van der Waals surface area contributed by atoms with Crippen molar-refractivity contribution in [3.8, 4) is 0 Å². The van der Waals surface area contributed by atoms with Gasteiger partial charge in [-0.15, -0.1) is 6.58 Å². The molecule has 0 fully saturated rings. The van der Waals surface area contributed by atoms with Crippen LogP contribution in [-0.2, 0) is 9.47 Å². The van der Waals surface area contributed by atoms with E-state index in [9.17, 15) is 5.11 Å². The van der Waals surface area contributed by atoms with Crippen molar-refractivity contribution >= 4 is 0 Å². The Morgan fingerprint density at radius 1 is 1.38 bits per heavy atom. The van der Waals surface area contributed by atoms with Crippen molar-refractivity contribution in [2.24, 2.45) is 0 Å². The van der Waals surface area contributed by atoms with E-state index < -0.39 is 0 Å². The highest BCUT2D eigenvalue weighted by molar-refractivity contribution is 4.75. The van der Waals surface area contributed by atoms with E-state index in [1.165, 1.54) is 12.8 Å². The van der Waals surface area contributed by atoms with Gasteiger partial charge in [-0.1, -0.05) is 32.3 Å². The van der Waals surface area contributed by atoms with E-state index in [1.54, 1.807) is 7.11 Å². The largest absolute Gasteiger partial charge is 0.393 e. The molecular formula is C13H26O3. The van der Waals surface area contributed by atoms with Crippen molar-refractivity contribution in [1.82, 2.24) is 0 Å². The van der Waals surface area contributed by atoms with Gasteiger partial charge in [0.15, 0.2) is 0 Å². The van der Waals surface area contributed by atoms with Crippen molar-refractivity contribution in [1.29, 1.82) is 0 Å². The van der Waals surface area contributed by atoms with E-state index in [-0.39, 0.29) is 19.0 Å². The van der Waals surface area contributed by atoms with Gasteiger partial charge in [0.1, 0.15) is 6.79 Å². The summed E-state index contributed by atoms with van der Waals surface area (Å²) < 4.78 is 10.3. The summed E-state index contributed by atoms with van der Waals surface area (Å²) in [4.78, 5) is 0. The van der Waals surface area contributed by atoms with Crippen LogP contribution >= 0.6 is 0 Å². The minimum atomic E-state index is -0.270. The highest BCUT2D eigenvalue weighted by Crippen LogP contribution is 2.13. The molecule has 96 valence electrons. The van der Waals surface area contributed by atoms with Gasteiger partial charge in [-0.05, 0) is 19.3 Å². The monoisotopic (exact) mass is 230 g/mol. The topological polar surface area (TPSA) is 38.7 Å². The van der Waals surface area contributed by atoms with Crippen LogP contribution in [0.4, 0.5) is 0 Å². The first kappa shape index (κ1) is 15.6. The van der Waals surface area contributed by atoms with Crippen molar-refractivity contribution in [2.45, 2.75) is 57.7 Å². The minimum absolute atomic E-state index is 0.0223. The van der Waals surface area contributed by atoms with E-state index >= 15 is 0 Å². The second kappa shape index (κ2) is 11.1. The molecule has 0 spiro atoms. The Morgan fingerprint density at radius 3 is 2.69 bits per heavy atom. The third-order valence-electron chi connectivity index (χ3n) is 2.53. The van der Waals surface area contributed by atoms with Gasteiger partial charge in [0.25, 0.3) is 0 Å². The second-order valence-electron chi connectivity index (χ2n) is 4.10. The Morgan fingerprint density at radius 2 is 2.12 bits per heavy atom. The number of ether oxygens (including phenoxy) is 2. The molecule has 0 amide bonds. The molecule has 0 aliphatic heterocycles. The zero-order valence-electron chi connectivity index (χ0n) is 10.7. The van der Waals surface area contributed by atoms with Crippen LogP contribution in [0.1, 0.15) is 45.4 Å². The van der Waals surface area contributed by atoms with Gasteiger partial charge < -0.3 is 14.6 Å². The van der Waals surface area contributed by atoms with Gasteiger partial charge in [-0.3, -0.25) is 0 Å². The summed E-state index contributed by atoms with van der Waals surface area (Å²) in [6, 6.07) is 0. The molecule has 0 saturated carbocycles. The van der Waals surface area contributed by atoms with E-state index in [0.717, 1.165) is 19.3 Å². The molecule has 0 aliphatic carbocycles. The van der Waals surface area contributed by atoms with Crippen LogP contribution in [0, 0.1) is 0 Å². The first-order valence-electron chi connectivity index (χ1n) is 6.14. The molecule has 0 aliphatic rings. The summed E-state index contributed by atoms with van der Waals surface area (Å²) in [6.07, 6.45) is 7.31. The normalized spacial score (nSPS) is 14.7. The molecule has 16 heavy (non-hydrogen) atoms. The van der Waals surface area contributed by atoms with Crippen LogP contribution < -0.4 is 0 Å². The smallest absolute Gasteiger partial charge is 0.146 e. The summed E-state index contributed by atoms with van der Waals surface area (Å²) in [6.45, 7) is 6.13. The maximum Gasteiger partial charge on any atom is 0.146 e. The predicted molar refractivity (Wildman–Crippen MR) is 66.3 cm³/mol. The highest BCUT2D eigenvalue weighted by atomic mass is 16.7. The van der Waals surface area contributed by atoms with E-state index in [1.807, 2.05) is 6.08 Å². The first-order valence-corrected chi connectivity index (χ1v) is 6.14. The lowest BCUT2D eigenvalue weighted by Crippen LogP contribution is -2.21. The fraction of sp³-hybridized carbons (Fsp3) is 0.846. The summed E-state index contributed by atoms with van der Waals surface area (Å²) >= 11 is 0. The summed E-state index contributed by atoms with van der Waals surface area (Å²) in [7, 11) is 1.60. The molecular weight excluding hydrogens is 204 g/mol. The maximum atomic E-state index is 9.82. The molecule has 0 bridgehead atoms. The molecule has 0 aromatic heterocycles. The fourth-order valence-corrected chi connectivity index (χ4v) is 1.63. The van der Waals surface area contributed by atoms with Gasteiger partial charge in [-0.2, -0.15) is 0 Å². The van der Waals surface area contributed by atoms with Crippen molar-refractivity contribution in [3.63, 3.8) is 0 Å². The summed E-state index contributed by atoms with van der Waals surface area (Å²) in [5, 5.41) is 9.82. The van der Waals surface area contributed by atoms with Gasteiger partial charge in [0.2, 0.25) is 0 Å². The molecule has 0 saturated heterocycles. The first-order chi connectivity index (χ1) is 7.74. The maximum absolute atomic E-state index is 9.82. The number of methoxy groups -OCH3 is 1. The fourth-order valence-electron chi connectivity index (χ4n) is 1.63. The minimum Gasteiger partial charge on any atom is -0.393 e. The number of hydrogen-bond acceptors (Lipinski definition) is 3. The van der Waals surface area contributed by atoms with Gasteiger partial charge >= 0.3 is 0 Å². The molecule has 0 unspecified atom stereocenters. The molecule has 3 nitrogen and oxygen atoms in total. The Bertz CT molecular complexity index is 159. The lowest BCUT2D eigenvalue weighted by Gasteiger charge is -2.19.